The number of benzene rings is 1. The summed E-state index contributed by atoms with van der Waals surface area (Å²) in [5, 5.41) is 19.4. The third kappa shape index (κ3) is 4.06. The Morgan fingerprint density at radius 1 is 1.43 bits per heavy atom. The molecule has 10 heteroatoms. The van der Waals surface area contributed by atoms with Gasteiger partial charge in [0.2, 0.25) is 10.0 Å². The largest absolute Gasteiger partial charge is 0.374 e. The Labute approximate surface area is 163 Å². The molecule has 1 aliphatic heterocycles. The fourth-order valence-corrected chi connectivity index (χ4v) is 4.04. The van der Waals surface area contributed by atoms with Crippen molar-refractivity contribution in [3.8, 4) is 6.07 Å². The number of halogens is 1. The van der Waals surface area contributed by atoms with Gasteiger partial charge in [-0.25, -0.2) is 27.5 Å². The first-order valence-electron chi connectivity index (χ1n) is 8.93. The van der Waals surface area contributed by atoms with E-state index in [1.807, 2.05) is 11.0 Å². The first-order valence-corrected chi connectivity index (χ1v) is 10.4. The molecular formula is C18H22FN5O3S. The van der Waals surface area contributed by atoms with E-state index in [-0.39, 0.29) is 18.0 Å². The molecule has 2 heterocycles. The number of nitrogens with zero attached hydrogens (tertiary/aromatic N) is 4. The Morgan fingerprint density at radius 3 is 2.86 bits per heavy atom. The fourth-order valence-electron chi connectivity index (χ4n) is 3.23. The van der Waals surface area contributed by atoms with E-state index in [1.165, 1.54) is 32.3 Å². The second kappa shape index (κ2) is 7.58. The lowest BCUT2D eigenvalue weighted by Crippen LogP contribution is -2.46. The van der Waals surface area contributed by atoms with Gasteiger partial charge in [-0.15, -0.1) is 0 Å². The van der Waals surface area contributed by atoms with Crippen LogP contribution in [0.15, 0.2) is 18.5 Å². The number of sulfonamides is 1. The maximum absolute atomic E-state index is 13.9. The maximum Gasteiger partial charge on any atom is 0.240 e. The molecule has 2 aromatic rings. The normalized spacial score (nSPS) is 18.2. The number of nitrogens with one attached hydrogen (secondary N) is 1. The first kappa shape index (κ1) is 20.4. The molecule has 0 amide bonds. The average molecular weight is 407 g/mol. The third-order valence-corrected chi connectivity index (χ3v) is 6.72. The summed E-state index contributed by atoms with van der Waals surface area (Å²) in [6, 6.07) is 4.49. The van der Waals surface area contributed by atoms with Crippen molar-refractivity contribution in [3.05, 3.63) is 29.8 Å². The van der Waals surface area contributed by atoms with Gasteiger partial charge in [0.1, 0.15) is 24.0 Å². The van der Waals surface area contributed by atoms with E-state index < -0.39 is 20.8 Å². The van der Waals surface area contributed by atoms with E-state index in [0.717, 1.165) is 12.8 Å². The summed E-state index contributed by atoms with van der Waals surface area (Å²) in [4.78, 5) is 8.54. The van der Waals surface area contributed by atoms with Crippen LogP contribution in [0.25, 0.3) is 10.9 Å². The summed E-state index contributed by atoms with van der Waals surface area (Å²) in [5.41, 5.74) is 0.335. The average Bonchev–Trinajstić information content (AvgIpc) is 2.64. The van der Waals surface area contributed by atoms with Crippen LogP contribution in [-0.2, 0) is 10.0 Å². The van der Waals surface area contributed by atoms with Crippen LogP contribution >= 0.6 is 0 Å². The zero-order valence-corrected chi connectivity index (χ0v) is 16.5. The van der Waals surface area contributed by atoms with Crippen LogP contribution in [0.1, 0.15) is 32.3 Å². The first-order chi connectivity index (χ1) is 13.1. The Bertz CT molecular complexity index is 1030. The Balaban J connectivity index is 1.82. The summed E-state index contributed by atoms with van der Waals surface area (Å²) in [6.07, 6.45) is 3.00. The highest BCUT2D eigenvalue weighted by Crippen LogP contribution is 2.29. The molecule has 1 aromatic heterocycles. The maximum atomic E-state index is 13.9. The van der Waals surface area contributed by atoms with Crippen molar-refractivity contribution < 1.29 is 17.9 Å². The molecule has 2 N–H and O–H groups in total. The number of hydrogen-bond donors (Lipinski definition) is 2. The number of fused-ring (bicyclic) bond motifs is 1. The Morgan fingerprint density at radius 2 is 2.18 bits per heavy atom. The molecule has 0 spiro atoms. The van der Waals surface area contributed by atoms with Gasteiger partial charge in [-0.3, -0.25) is 0 Å². The van der Waals surface area contributed by atoms with Crippen molar-refractivity contribution in [1.82, 2.24) is 14.7 Å². The number of piperidine rings is 1. The van der Waals surface area contributed by atoms with Gasteiger partial charge < -0.3 is 10.0 Å². The highest BCUT2D eigenvalue weighted by atomic mass is 32.2. The minimum absolute atomic E-state index is 0.0202. The topological polar surface area (TPSA) is 119 Å². The standard InChI is InChI=1S/C18H22FN5O3S/c1-18(2,25)28(26,27)23-9-12-4-3-5-24(10-12)17-14-6-13(8-20)15(19)7-16(14)21-11-22-17/h6-7,11-12,23,25H,3-5,9-10H2,1-2H3. The van der Waals surface area contributed by atoms with Crippen LogP contribution in [0.4, 0.5) is 10.2 Å². The minimum Gasteiger partial charge on any atom is -0.374 e. The molecule has 3 rings (SSSR count). The van der Waals surface area contributed by atoms with Crippen molar-refractivity contribution >= 4 is 26.7 Å². The lowest BCUT2D eigenvalue weighted by atomic mass is 9.98. The van der Waals surface area contributed by atoms with E-state index in [1.54, 1.807) is 0 Å². The van der Waals surface area contributed by atoms with Crippen molar-refractivity contribution in [2.75, 3.05) is 24.5 Å². The molecule has 1 saturated heterocycles. The molecular weight excluding hydrogens is 385 g/mol. The van der Waals surface area contributed by atoms with Gasteiger partial charge in [0.05, 0.1) is 11.1 Å². The smallest absolute Gasteiger partial charge is 0.240 e. The molecule has 8 nitrogen and oxygen atoms in total. The molecule has 1 aliphatic rings. The van der Waals surface area contributed by atoms with Crippen LogP contribution in [0.2, 0.25) is 0 Å². The van der Waals surface area contributed by atoms with E-state index >= 15 is 0 Å². The molecule has 0 radical (unpaired) electrons. The van der Waals surface area contributed by atoms with Crippen molar-refractivity contribution in [3.63, 3.8) is 0 Å². The molecule has 0 aliphatic carbocycles. The number of aliphatic hydroxyl groups is 1. The van der Waals surface area contributed by atoms with Crippen molar-refractivity contribution in [2.45, 2.75) is 31.6 Å². The van der Waals surface area contributed by atoms with Gasteiger partial charge in [-0.2, -0.15) is 5.26 Å². The van der Waals surface area contributed by atoms with Gasteiger partial charge in [0.25, 0.3) is 0 Å². The second-order valence-electron chi connectivity index (χ2n) is 7.41. The molecule has 1 aromatic carbocycles. The van der Waals surface area contributed by atoms with Crippen LogP contribution in [-0.4, -0.2) is 48.1 Å². The Kier molecular flexibility index (Phi) is 5.52. The highest BCUT2D eigenvalue weighted by Gasteiger charge is 2.32. The molecule has 28 heavy (non-hydrogen) atoms. The monoisotopic (exact) mass is 407 g/mol. The van der Waals surface area contributed by atoms with Crippen LogP contribution in [0.3, 0.4) is 0 Å². The van der Waals surface area contributed by atoms with Gasteiger partial charge in [-0.1, -0.05) is 0 Å². The van der Waals surface area contributed by atoms with Crippen LogP contribution in [0.5, 0.6) is 0 Å². The van der Waals surface area contributed by atoms with Crippen LogP contribution < -0.4 is 9.62 Å². The van der Waals surface area contributed by atoms with E-state index in [9.17, 15) is 17.9 Å². The zero-order chi connectivity index (χ0) is 20.5. The number of aromatic nitrogens is 2. The predicted octanol–water partition coefficient (Wildman–Crippen LogP) is 1.50. The SMILES string of the molecule is CC(C)(O)S(=O)(=O)NCC1CCCN(c2ncnc3cc(F)c(C#N)cc23)C1. The van der Waals surface area contributed by atoms with Crippen molar-refractivity contribution in [2.24, 2.45) is 5.92 Å². The van der Waals surface area contributed by atoms with Gasteiger partial charge in [0.15, 0.2) is 4.93 Å². The number of anilines is 1. The summed E-state index contributed by atoms with van der Waals surface area (Å²) >= 11 is 0. The van der Waals surface area contributed by atoms with E-state index in [0.29, 0.717) is 29.8 Å². The second-order valence-corrected chi connectivity index (χ2v) is 9.71. The Hall–Kier alpha value is -2.35. The quantitative estimate of drug-likeness (QED) is 0.771. The van der Waals surface area contributed by atoms with Crippen LogP contribution in [0, 0.1) is 23.1 Å². The number of hydrogen-bond acceptors (Lipinski definition) is 7. The highest BCUT2D eigenvalue weighted by molar-refractivity contribution is 7.90. The molecule has 150 valence electrons. The molecule has 0 saturated carbocycles. The summed E-state index contributed by atoms with van der Waals surface area (Å²) in [6.45, 7) is 3.90. The van der Waals surface area contributed by atoms with Crippen molar-refractivity contribution in [1.29, 1.82) is 5.26 Å². The molecule has 0 bridgehead atoms. The number of nitriles is 1. The van der Waals surface area contributed by atoms with E-state index in [2.05, 4.69) is 14.7 Å². The predicted molar refractivity (Wildman–Crippen MR) is 102 cm³/mol. The van der Waals surface area contributed by atoms with Gasteiger partial charge in [0, 0.05) is 31.1 Å². The number of rotatable bonds is 5. The molecule has 1 fully saturated rings. The fraction of sp³-hybridized carbons (Fsp3) is 0.500. The third-order valence-electron chi connectivity index (χ3n) is 4.86. The minimum atomic E-state index is -3.84. The molecule has 1 atom stereocenters. The molecule has 1 unspecified atom stereocenters. The summed E-state index contributed by atoms with van der Waals surface area (Å²) in [7, 11) is -3.84. The van der Waals surface area contributed by atoms with E-state index in [4.69, 9.17) is 5.26 Å². The lowest BCUT2D eigenvalue weighted by molar-refractivity contribution is 0.162. The zero-order valence-electron chi connectivity index (χ0n) is 15.7. The van der Waals surface area contributed by atoms with Gasteiger partial charge in [-0.05, 0) is 38.7 Å². The lowest BCUT2D eigenvalue weighted by Gasteiger charge is -2.34. The van der Waals surface area contributed by atoms with Gasteiger partial charge >= 0.3 is 0 Å². The summed E-state index contributed by atoms with van der Waals surface area (Å²) in [5.74, 6) is -0.0134. The summed E-state index contributed by atoms with van der Waals surface area (Å²) < 4.78 is 40.5.